The molecule has 1 aromatic carbocycles. The first-order chi connectivity index (χ1) is 11.5. The van der Waals surface area contributed by atoms with Gasteiger partial charge in [0.15, 0.2) is 0 Å². The highest BCUT2D eigenvalue weighted by Crippen LogP contribution is 2.34. The van der Waals surface area contributed by atoms with Crippen LogP contribution >= 0.6 is 0 Å². The van der Waals surface area contributed by atoms with Crippen molar-refractivity contribution in [2.75, 3.05) is 0 Å². The van der Waals surface area contributed by atoms with E-state index in [1.54, 1.807) is 12.1 Å². The quantitative estimate of drug-likeness (QED) is 0.467. The first kappa shape index (κ1) is 19.1. The summed E-state index contributed by atoms with van der Waals surface area (Å²) in [5.41, 5.74) is 1.09. The fraction of sp³-hybridized carbons (Fsp3) is 0.700. The highest BCUT2D eigenvalue weighted by Gasteiger charge is 2.31. The molecule has 0 N–H and O–H groups in total. The summed E-state index contributed by atoms with van der Waals surface area (Å²) in [6, 6.07) is 6.32. The summed E-state index contributed by atoms with van der Waals surface area (Å²) in [6.45, 7) is 2.25. The Labute approximate surface area is 143 Å². The Balaban J connectivity index is 1.67. The number of ether oxygens (including phenoxy) is 1. The van der Waals surface area contributed by atoms with Gasteiger partial charge in [-0.15, -0.1) is 13.2 Å². The summed E-state index contributed by atoms with van der Waals surface area (Å²) in [5, 5.41) is 0. The maximum absolute atomic E-state index is 12.1. The molecule has 24 heavy (non-hydrogen) atoms. The van der Waals surface area contributed by atoms with E-state index in [0.29, 0.717) is 0 Å². The second-order valence-electron chi connectivity index (χ2n) is 7.11. The summed E-state index contributed by atoms with van der Waals surface area (Å²) in [5.74, 6) is 1.56. The van der Waals surface area contributed by atoms with Gasteiger partial charge in [-0.25, -0.2) is 0 Å². The van der Waals surface area contributed by atoms with Crippen LogP contribution in [0.3, 0.4) is 0 Å². The Bertz CT molecular complexity index is 459. The fourth-order valence-corrected chi connectivity index (χ4v) is 3.72. The molecule has 0 amide bonds. The standard InChI is InChI=1S/C20H29F3O/c1-2-3-4-5-16-6-8-17(9-7-16)10-11-18-12-14-19(15-13-18)24-20(21,22)23/h12-17H,2-11H2,1H3/t16-,17-. The van der Waals surface area contributed by atoms with Gasteiger partial charge in [-0.2, -0.15) is 0 Å². The van der Waals surface area contributed by atoms with Gasteiger partial charge in [0.05, 0.1) is 0 Å². The fourth-order valence-electron chi connectivity index (χ4n) is 3.72. The molecule has 0 aromatic heterocycles. The van der Waals surface area contributed by atoms with Gasteiger partial charge in [-0.3, -0.25) is 0 Å². The average Bonchev–Trinajstić information content (AvgIpc) is 2.54. The number of benzene rings is 1. The van der Waals surface area contributed by atoms with Crippen LogP contribution < -0.4 is 4.74 Å². The van der Waals surface area contributed by atoms with Crippen molar-refractivity contribution in [3.8, 4) is 5.75 Å². The monoisotopic (exact) mass is 342 g/mol. The molecule has 0 unspecified atom stereocenters. The van der Waals surface area contributed by atoms with Crippen LogP contribution in [-0.4, -0.2) is 6.36 Å². The molecule has 1 saturated carbocycles. The minimum atomic E-state index is -4.61. The molecule has 0 aliphatic heterocycles. The van der Waals surface area contributed by atoms with Crippen LogP contribution in [0.1, 0.15) is 70.3 Å². The number of rotatable bonds is 8. The van der Waals surface area contributed by atoms with Crippen molar-refractivity contribution in [3.63, 3.8) is 0 Å². The normalized spacial score (nSPS) is 21.7. The van der Waals surface area contributed by atoms with Crippen molar-refractivity contribution in [2.45, 2.75) is 77.5 Å². The lowest BCUT2D eigenvalue weighted by Gasteiger charge is -2.28. The zero-order valence-electron chi connectivity index (χ0n) is 14.6. The molecule has 136 valence electrons. The topological polar surface area (TPSA) is 9.23 Å². The molecule has 1 aliphatic rings. The van der Waals surface area contributed by atoms with Crippen LogP contribution in [0.25, 0.3) is 0 Å². The molecule has 1 fully saturated rings. The zero-order valence-corrected chi connectivity index (χ0v) is 14.6. The molecule has 0 saturated heterocycles. The lowest BCUT2D eigenvalue weighted by atomic mass is 9.78. The van der Waals surface area contributed by atoms with E-state index in [9.17, 15) is 13.2 Å². The van der Waals surface area contributed by atoms with Crippen molar-refractivity contribution in [3.05, 3.63) is 29.8 Å². The van der Waals surface area contributed by atoms with Crippen LogP contribution in [0.4, 0.5) is 13.2 Å². The molecule has 0 atom stereocenters. The molecule has 0 bridgehead atoms. The minimum Gasteiger partial charge on any atom is -0.406 e. The SMILES string of the molecule is CCCCC[C@H]1CC[C@H](CCc2ccc(OC(F)(F)F)cc2)CC1. The maximum Gasteiger partial charge on any atom is 0.573 e. The smallest absolute Gasteiger partial charge is 0.406 e. The molecule has 0 heterocycles. The van der Waals surface area contributed by atoms with E-state index >= 15 is 0 Å². The molecule has 0 radical (unpaired) electrons. The Morgan fingerprint density at radius 3 is 2.04 bits per heavy atom. The van der Waals surface area contributed by atoms with E-state index in [2.05, 4.69) is 11.7 Å². The molecular weight excluding hydrogens is 313 g/mol. The molecule has 1 nitrogen and oxygen atoms in total. The van der Waals surface area contributed by atoms with E-state index in [1.807, 2.05) is 0 Å². The van der Waals surface area contributed by atoms with Gasteiger partial charge in [0.25, 0.3) is 0 Å². The predicted molar refractivity (Wildman–Crippen MR) is 91.0 cm³/mol. The maximum atomic E-state index is 12.1. The number of aryl methyl sites for hydroxylation is 1. The Kier molecular flexibility index (Phi) is 7.44. The second kappa shape index (κ2) is 9.33. The summed E-state index contributed by atoms with van der Waals surface area (Å²) >= 11 is 0. The van der Waals surface area contributed by atoms with Crippen LogP contribution in [0.5, 0.6) is 5.75 Å². The van der Waals surface area contributed by atoms with Crippen LogP contribution in [-0.2, 0) is 6.42 Å². The third-order valence-electron chi connectivity index (χ3n) is 5.18. The number of hydrogen-bond acceptors (Lipinski definition) is 1. The molecule has 0 spiro atoms. The van der Waals surface area contributed by atoms with Gasteiger partial charge < -0.3 is 4.74 Å². The Morgan fingerprint density at radius 2 is 1.50 bits per heavy atom. The lowest BCUT2D eigenvalue weighted by Crippen LogP contribution is -2.17. The number of halogens is 3. The molecule has 4 heteroatoms. The van der Waals surface area contributed by atoms with E-state index in [4.69, 9.17) is 0 Å². The number of hydrogen-bond donors (Lipinski definition) is 0. The third-order valence-corrected chi connectivity index (χ3v) is 5.18. The first-order valence-electron chi connectivity index (χ1n) is 9.31. The first-order valence-corrected chi connectivity index (χ1v) is 9.31. The van der Waals surface area contributed by atoms with Crippen LogP contribution in [0.15, 0.2) is 24.3 Å². The summed E-state index contributed by atoms with van der Waals surface area (Å²) in [7, 11) is 0. The predicted octanol–water partition coefficient (Wildman–Crippen LogP) is 6.90. The van der Waals surface area contributed by atoms with E-state index in [-0.39, 0.29) is 5.75 Å². The van der Waals surface area contributed by atoms with Crippen molar-refractivity contribution >= 4 is 0 Å². The van der Waals surface area contributed by atoms with E-state index in [0.717, 1.165) is 30.2 Å². The molecule has 1 aliphatic carbocycles. The number of unbranched alkanes of at least 4 members (excludes halogenated alkanes) is 2. The van der Waals surface area contributed by atoms with E-state index < -0.39 is 6.36 Å². The number of alkyl halides is 3. The van der Waals surface area contributed by atoms with Crippen molar-refractivity contribution in [1.29, 1.82) is 0 Å². The van der Waals surface area contributed by atoms with Gasteiger partial charge >= 0.3 is 6.36 Å². The third kappa shape index (κ3) is 7.14. The summed E-state index contributed by atoms with van der Waals surface area (Å²) in [4.78, 5) is 0. The lowest BCUT2D eigenvalue weighted by molar-refractivity contribution is -0.274. The van der Waals surface area contributed by atoms with Gasteiger partial charge in [-0.1, -0.05) is 70.4 Å². The zero-order chi connectivity index (χ0) is 17.4. The van der Waals surface area contributed by atoms with Crippen LogP contribution in [0.2, 0.25) is 0 Å². The molecular formula is C20H29F3O. The van der Waals surface area contributed by atoms with Crippen molar-refractivity contribution < 1.29 is 17.9 Å². The van der Waals surface area contributed by atoms with E-state index in [1.165, 1.54) is 63.5 Å². The highest BCUT2D eigenvalue weighted by molar-refractivity contribution is 5.27. The van der Waals surface area contributed by atoms with Gasteiger partial charge in [0.2, 0.25) is 0 Å². The largest absolute Gasteiger partial charge is 0.573 e. The molecule has 2 rings (SSSR count). The highest BCUT2D eigenvalue weighted by atomic mass is 19.4. The minimum absolute atomic E-state index is 0.140. The Hall–Kier alpha value is -1.19. The van der Waals surface area contributed by atoms with Crippen molar-refractivity contribution in [2.24, 2.45) is 11.8 Å². The van der Waals surface area contributed by atoms with Gasteiger partial charge in [-0.05, 0) is 42.4 Å². The van der Waals surface area contributed by atoms with Gasteiger partial charge in [0.1, 0.15) is 5.75 Å². The average molecular weight is 342 g/mol. The van der Waals surface area contributed by atoms with Gasteiger partial charge in [0, 0.05) is 0 Å². The summed E-state index contributed by atoms with van der Waals surface area (Å²) in [6.07, 6.45) is 8.21. The van der Waals surface area contributed by atoms with Crippen molar-refractivity contribution in [1.82, 2.24) is 0 Å². The molecule has 1 aromatic rings. The summed E-state index contributed by atoms with van der Waals surface area (Å²) < 4.78 is 40.3. The second-order valence-corrected chi connectivity index (χ2v) is 7.11. The Morgan fingerprint density at radius 1 is 0.917 bits per heavy atom. The van der Waals surface area contributed by atoms with Crippen LogP contribution in [0, 0.1) is 11.8 Å².